The van der Waals surface area contributed by atoms with Crippen LogP contribution in [0.15, 0.2) is 41.4 Å². The molecule has 0 spiro atoms. The van der Waals surface area contributed by atoms with Crippen molar-refractivity contribution in [1.29, 1.82) is 0 Å². The number of aromatic nitrogens is 2. The van der Waals surface area contributed by atoms with Gasteiger partial charge < -0.3 is 4.42 Å². The van der Waals surface area contributed by atoms with Gasteiger partial charge in [0.1, 0.15) is 12.1 Å². The summed E-state index contributed by atoms with van der Waals surface area (Å²) in [5.74, 6) is 1.02. The van der Waals surface area contributed by atoms with E-state index < -0.39 is 0 Å². The van der Waals surface area contributed by atoms with Crippen LogP contribution in [0.25, 0.3) is 0 Å². The fourth-order valence-electron chi connectivity index (χ4n) is 2.62. The van der Waals surface area contributed by atoms with E-state index in [1.807, 2.05) is 24.4 Å². The van der Waals surface area contributed by atoms with Crippen molar-refractivity contribution in [3.05, 3.63) is 48.4 Å². The van der Waals surface area contributed by atoms with Crippen molar-refractivity contribution in [1.82, 2.24) is 14.9 Å². The zero-order chi connectivity index (χ0) is 12.2. The molecule has 0 radical (unpaired) electrons. The van der Waals surface area contributed by atoms with E-state index in [0.717, 1.165) is 31.0 Å². The molecule has 0 N–H and O–H groups in total. The summed E-state index contributed by atoms with van der Waals surface area (Å²) in [6.45, 7) is 1.97. The van der Waals surface area contributed by atoms with Gasteiger partial charge in [-0.2, -0.15) is 0 Å². The van der Waals surface area contributed by atoms with E-state index in [0.29, 0.717) is 6.04 Å². The SMILES string of the molecule is c1coc(CN2CCCC[C@@H]2c2ccncn2)c1. The molecule has 3 rings (SSSR count). The number of likely N-dealkylation sites (tertiary alicyclic amines) is 1. The molecule has 1 saturated heterocycles. The van der Waals surface area contributed by atoms with Gasteiger partial charge in [-0.1, -0.05) is 6.42 Å². The lowest BCUT2D eigenvalue weighted by Gasteiger charge is -2.34. The second-order valence-electron chi connectivity index (χ2n) is 4.70. The highest BCUT2D eigenvalue weighted by molar-refractivity contribution is 5.07. The van der Waals surface area contributed by atoms with Crippen molar-refractivity contribution in [3.63, 3.8) is 0 Å². The summed E-state index contributed by atoms with van der Waals surface area (Å²) >= 11 is 0. The Morgan fingerprint density at radius 1 is 1.33 bits per heavy atom. The topological polar surface area (TPSA) is 42.2 Å². The van der Waals surface area contributed by atoms with Crippen LogP contribution in [0.3, 0.4) is 0 Å². The molecule has 0 saturated carbocycles. The first-order valence-corrected chi connectivity index (χ1v) is 6.46. The Balaban J connectivity index is 1.78. The molecule has 0 amide bonds. The molecule has 1 fully saturated rings. The maximum atomic E-state index is 5.45. The predicted octanol–water partition coefficient (Wildman–Crippen LogP) is 2.80. The first kappa shape index (κ1) is 11.4. The molecule has 1 aliphatic rings. The van der Waals surface area contributed by atoms with Gasteiger partial charge in [-0.05, 0) is 37.6 Å². The van der Waals surface area contributed by atoms with Crippen LogP contribution in [0.2, 0.25) is 0 Å². The molecule has 0 aliphatic carbocycles. The van der Waals surface area contributed by atoms with E-state index in [-0.39, 0.29) is 0 Å². The third kappa shape index (κ3) is 2.43. The Labute approximate surface area is 107 Å². The van der Waals surface area contributed by atoms with Crippen molar-refractivity contribution in [2.24, 2.45) is 0 Å². The molecule has 0 bridgehead atoms. The van der Waals surface area contributed by atoms with Gasteiger partial charge in [0.2, 0.25) is 0 Å². The highest BCUT2D eigenvalue weighted by atomic mass is 16.3. The minimum Gasteiger partial charge on any atom is -0.468 e. The highest BCUT2D eigenvalue weighted by Crippen LogP contribution is 2.30. The number of rotatable bonds is 3. The molecule has 2 aromatic rings. The van der Waals surface area contributed by atoms with E-state index in [2.05, 4.69) is 14.9 Å². The van der Waals surface area contributed by atoms with Crippen molar-refractivity contribution in [3.8, 4) is 0 Å². The van der Waals surface area contributed by atoms with Crippen molar-refractivity contribution in [2.45, 2.75) is 31.8 Å². The quantitative estimate of drug-likeness (QED) is 0.831. The number of nitrogens with zero attached hydrogens (tertiary/aromatic N) is 3. The van der Waals surface area contributed by atoms with Gasteiger partial charge >= 0.3 is 0 Å². The maximum absolute atomic E-state index is 5.45. The second-order valence-corrected chi connectivity index (χ2v) is 4.70. The van der Waals surface area contributed by atoms with Crippen LogP contribution in [0, 0.1) is 0 Å². The second kappa shape index (κ2) is 5.31. The third-order valence-electron chi connectivity index (χ3n) is 3.50. The van der Waals surface area contributed by atoms with Gasteiger partial charge in [0.15, 0.2) is 0 Å². The van der Waals surface area contributed by atoms with Gasteiger partial charge in [0, 0.05) is 6.20 Å². The van der Waals surface area contributed by atoms with Crippen LogP contribution < -0.4 is 0 Å². The number of hydrogen-bond donors (Lipinski definition) is 0. The van der Waals surface area contributed by atoms with Crippen molar-refractivity contribution in [2.75, 3.05) is 6.54 Å². The van der Waals surface area contributed by atoms with Gasteiger partial charge in [-0.15, -0.1) is 0 Å². The minimum absolute atomic E-state index is 0.395. The lowest BCUT2D eigenvalue weighted by Crippen LogP contribution is -2.33. The van der Waals surface area contributed by atoms with Crippen LogP contribution in [0.1, 0.15) is 36.8 Å². The molecule has 4 nitrogen and oxygen atoms in total. The number of hydrogen-bond acceptors (Lipinski definition) is 4. The zero-order valence-electron chi connectivity index (χ0n) is 10.3. The molecule has 4 heteroatoms. The van der Waals surface area contributed by atoms with Gasteiger partial charge in [0.05, 0.1) is 24.5 Å². The van der Waals surface area contributed by atoms with Crippen molar-refractivity contribution < 1.29 is 4.42 Å². The van der Waals surface area contributed by atoms with Gasteiger partial charge in [-0.25, -0.2) is 9.97 Å². The third-order valence-corrected chi connectivity index (χ3v) is 3.50. The maximum Gasteiger partial charge on any atom is 0.117 e. The summed E-state index contributed by atoms with van der Waals surface area (Å²) in [6, 6.07) is 6.39. The molecular weight excluding hydrogens is 226 g/mol. The fourth-order valence-corrected chi connectivity index (χ4v) is 2.62. The Kier molecular flexibility index (Phi) is 3.37. The first-order chi connectivity index (χ1) is 8.93. The fraction of sp³-hybridized carbons (Fsp3) is 0.429. The summed E-state index contributed by atoms with van der Waals surface area (Å²) in [6.07, 6.45) is 8.87. The molecular formula is C14H17N3O. The van der Waals surface area contributed by atoms with E-state index in [1.165, 1.54) is 12.8 Å². The van der Waals surface area contributed by atoms with E-state index >= 15 is 0 Å². The molecule has 0 unspecified atom stereocenters. The zero-order valence-corrected chi connectivity index (χ0v) is 10.3. The molecule has 1 aliphatic heterocycles. The summed E-state index contributed by atoms with van der Waals surface area (Å²) in [7, 11) is 0. The molecule has 3 heterocycles. The van der Waals surface area contributed by atoms with Crippen LogP contribution in [-0.4, -0.2) is 21.4 Å². The Morgan fingerprint density at radius 3 is 3.11 bits per heavy atom. The van der Waals surface area contributed by atoms with E-state index in [4.69, 9.17) is 4.42 Å². The molecule has 1 atom stereocenters. The van der Waals surface area contributed by atoms with Gasteiger partial charge in [-0.3, -0.25) is 4.90 Å². The van der Waals surface area contributed by atoms with Gasteiger partial charge in [0.25, 0.3) is 0 Å². The average molecular weight is 243 g/mol. The highest BCUT2D eigenvalue weighted by Gasteiger charge is 2.25. The average Bonchev–Trinajstić information content (AvgIpc) is 2.93. The van der Waals surface area contributed by atoms with Crippen molar-refractivity contribution >= 4 is 0 Å². The van der Waals surface area contributed by atoms with Crippen LogP contribution in [-0.2, 0) is 6.54 Å². The monoisotopic (exact) mass is 243 g/mol. The Bertz CT molecular complexity index is 469. The Hall–Kier alpha value is -1.68. The number of piperidine rings is 1. The molecule has 2 aromatic heterocycles. The lowest BCUT2D eigenvalue weighted by molar-refractivity contribution is 0.127. The Morgan fingerprint density at radius 2 is 2.33 bits per heavy atom. The summed E-state index contributed by atoms with van der Waals surface area (Å²) < 4.78 is 5.45. The molecule has 0 aromatic carbocycles. The summed E-state index contributed by atoms with van der Waals surface area (Å²) in [4.78, 5) is 10.8. The smallest absolute Gasteiger partial charge is 0.117 e. The van der Waals surface area contributed by atoms with Crippen LogP contribution in [0.4, 0.5) is 0 Å². The normalized spacial score (nSPS) is 21.0. The van der Waals surface area contributed by atoms with E-state index in [1.54, 1.807) is 12.6 Å². The standard InChI is InChI=1S/C14H17N3O/c1-2-8-17(10-12-4-3-9-18-12)14(5-1)13-6-7-15-11-16-13/h3-4,6-7,9,11,14H,1-2,5,8,10H2/t14-/m1/s1. The summed E-state index contributed by atoms with van der Waals surface area (Å²) in [5.41, 5.74) is 1.12. The molecule has 18 heavy (non-hydrogen) atoms. The summed E-state index contributed by atoms with van der Waals surface area (Å²) in [5, 5.41) is 0. The number of furan rings is 1. The van der Waals surface area contributed by atoms with Crippen LogP contribution in [0.5, 0.6) is 0 Å². The van der Waals surface area contributed by atoms with Crippen LogP contribution >= 0.6 is 0 Å². The largest absolute Gasteiger partial charge is 0.468 e. The molecule has 94 valence electrons. The predicted molar refractivity (Wildman–Crippen MR) is 67.7 cm³/mol. The lowest BCUT2D eigenvalue weighted by atomic mass is 9.99. The van der Waals surface area contributed by atoms with E-state index in [9.17, 15) is 0 Å². The first-order valence-electron chi connectivity index (χ1n) is 6.46. The minimum atomic E-state index is 0.395.